The molecule has 0 spiro atoms. The number of ether oxygens (including phenoxy) is 2. The molecule has 1 heterocycles. The number of aliphatic imine (C=N–C) groups is 1. The van der Waals surface area contributed by atoms with Crippen LogP contribution in [-0.4, -0.2) is 31.9 Å². The summed E-state index contributed by atoms with van der Waals surface area (Å²) in [6.45, 7) is 3.75. The van der Waals surface area contributed by atoms with Crippen molar-refractivity contribution in [2.75, 3.05) is 14.2 Å². The van der Waals surface area contributed by atoms with Gasteiger partial charge in [0.05, 0.1) is 25.5 Å². The van der Waals surface area contributed by atoms with Crippen molar-refractivity contribution in [1.29, 1.82) is 0 Å². The minimum absolute atomic E-state index is 0.281. The molecule has 2 rings (SSSR count). The van der Waals surface area contributed by atoms with E-state index in [0.29, 0.717) is 29.8 Å². The summed E-state index contributed by atoms with van der Waals surface area (Å²) in [4.78, 5) is 29.5. The van der Waals surface area contributed by atoms with Crippen LogP contribution in [0.2, 0.25) is 0 Å². The van der Waals surface area contributed by atoms with E-state index in [9.17, 15) is 14.0 Å². The van der Waals surface area contributed by atoms with Crippen molar-refractivity contribution in [2.45, 2.75) is 32.6 Å². The molecule has 2 unspecified atom stereocenters. The molecule has 2 atom stereocenters. The number of halogens is 1. The Labute approximate surface area is 146 Å². The number of nitrogens with zero attached hydrogens (tertiary/aromatic N) is 1. The fourth-order valence-corrected chi connectivity index (χ4v) is 3.22. The van der Waals surface area contributed by atoms with E-state index in [0.717, 1.165) is 0 Å². The third-order valence-electron chi connectivity index (χ3n) is 4.36. The van der Waals surface area contributed by atoms with Gasteiger partial charge in [0, 0.05) is 11.6 Å². The highest BCUT2D eigenvalue weighted by atomic mass is 19.1. The van der Waals surface area contributed by atoms with Crippen LogP contribution in [0.15, 0.2) is 40.5 Å². The second-order valence-electron chi connectivity index (χ2n) is 5.70. The van der Waals surface area contributed by atoms with Gasteiger partial charge in [-0.25, -0.2) is 9.18 Å². The van der Waals surface area contributed by atoms with E-state index >= 15 is 0 Å². The molecule has 1 aliphatic rings. The van der Waals surface area contributed by atoms with Gasteiger partial charge in [-0.2, -0.15) is 0 Å². The molecular weight excluding hydrogens is 325 g/mol. The summed E-state index contributed by atoms with van der Waals surface area (Å²) in [5.41, 5.74) is 1.97. The Bertz CT molecular complexity index is 739. The van der Waals surface area contributed by atoms with Gasteiger partial charge in [0.25, 0.3) is 0 Å². The lowest BCUT2D eigenvalue weighted by atomic mass is 9.74. The quantitative estimate of drug-likeness (QED) is 0.766. The molecular formula is C19H22FNO4. The van der Waals surface area contributed by atoms with Crippen LogP contribution in [0.3, 0.4) is 0 Å². The van der Waals surface area contributed by atoms with Crippen LogP contribution in [0.5, 0.6) is 0 Å². The van der Waals surface area contributed by atoms with Gasteiger partial charge in [0.1, 0.15) is 11.7 Å². The lowest BCUT2D eigenvalue weighted by molar-refractivity contribution is -0.143. The minimum atomic E-state index is -0.791. The van der Waals surface area contributed by atoms with Gasteiger partial charge in [-0.3, -0.25) is 9.79 Å². The smallest absolute Gasteiger partial charge is 0.336 e. The average Bonchev–Trinajstić information content (AvgIpc) is 2.64. The first-order chi connectivity index (χ1) is 12.0. The standard InChI is InChI=1S/C19H22FNO4/c1-5-13-16(18(22)24-3)15(11-8-7-9-12(20)10-11)17(19(23)25-4)14(6-2)21-13/h7-10,15-16H,5-6H2,1-4H3. The van der Waals surface area contributed by atoms with E-state index in [1.807, 2.05) is 13.8 Å². The molecule has 0 radical (unpaired) electrons. The molecule has 1 aromatic carbocycles. The summed E-state index contributed by atoms with van der Waals surface area (Å²) >= 11 is 0. The van der Waals surface area contributed by atoms with Crippen LogP contribution in [0, 0.1) is 11.7 Å². The zero-order valence-electron chi connectivity index (χ0n) is 14.8. The van der Waals surface area contributed by atoms with Crippen LogP contribution >= 0.6 is 0 Å². The highest BCUT2D eigenvalue weighted by molar-refractivity contribution is 6.07. The zero-order chi connectivity index (χ0) is 18.6. The number of benzene rings is 1. The van der Waals surface area contributed by atoms with E-state index in [-0.39, 0.29) is 5.57 Å². The summed E-state index contributed by atoms with van der Waals surface area (Å²) in [6.07, 6.45) is 1.01. The van der Waals surface area contributed by atoms with Crippen molar-refractivity contribution < 1.29 is 23.5 Å². The van der Waals surface area contributed by atoms with Crippen LogP contribution in [0.1, 0.15) is 38.2 Å². The first-order valence-corrected chi connectivity index (χ1v) is 8.20. The van der Waals surface area contributed by atoms with Crippen molar-refractivity contribution in [1.82, 2.24) is 0 Å². The van der Waals surface area contributed by atoms with Crippen molar-refractivity contribution in [3.05, 3.63) is 46.9 Å². The van der Waals surface area contributed by atoms with Gasteiger partial charge in [-0.15, -0.1) is 0 Å². The Morgan fingerprint density at radius 2 is 1.88 bits per heavy atom. The Kier molecular flexibility index (Phi) is 6.07. The topological polar surface area (TPSA) is 65.0 Å². The fourth-order valence-electron chi connectivity index (χ4n) is 3.22. The summed E-state index contributed by atoms with van der Waals surface area (Å²) in [6, 6.07) is 5.89. The molecule has 5 nitrogen and oxygen atoms in total. The molecule has 1 aliphatic heterocycles. The minimum Gasteiger partial charge on any atom is -0.468 e. The number of methoxy groups -OCH3 is 2. The second-order valence-corrected chi connectivity index (χ2v) is 5.70. The van der Waals surface area contributed by atoms with Crippen molar-refractivity contribution in [3.63, 3.8) is 0 Å². The summed E-state index contributed by atoms with van der Waals surface area (Å²) < 4.78 is 23.7. The number of allylic oxidation sites excluding steroid dienone is 1. The third kappa shape index (κ3) is 3.62. The van der Waals surface area contributed by atoms with E-state index < -0.39 is 29.6 Å². The predicted molar refractivity (Wildman–Crippen MR) is 91.7 cm³/mol. The molecule has 134 valence electrons. The van der Waals surface area contributed by atoms with Gasteiger partial charge in [-0.05, 0) is 30.5 Å². The van der Waals surface area contributed by atoms with Crippen LogP contribution < -0.4 is 0 Å². The maximum absolute atomic E-state index is 13.8. The number of rotatable bonds is 5. The summed E-state index contributed by atoms with van der Waals surface area (Å²) in [5.74, 6) is -3.01. The van der Waals surface area contributed by atoms with Gasteiger partial charge in [-0.1, -0.05) is 26.0 Å². The Morgan fingerprint density at radius 1 is 1.16 bits per heavy atom. The van der Waals surface area contributed by atoms with Crippen LogP contribution in [0.25, 0.3) is 0 Å². The Hall–Kier alpha value is -2.50. The molecule has 0 aliphatic carbocycles. The molecule has 6 heteroatoms. The van der Waals surface area contributed by atoms with Crippen LogP contribution in [-0.2, 0) is 19.1 Å². The van der Waals surface area contributed by atoms with Crippen molar-refractivity contribution in [2.24, 2.45) is 10.9 Å². The van der Waals surface area contributed by atoms with Gasteiger partial charge in [0.15, 0.2) is 0 Å². The number of carbonyl (C=O) groups is 2. The van der Waals surface area contributed by atoms with Crippen LogP contribution in [0.4, 0.5) is 4.39 Å². The highest BCUT2D eigenvalue weighted by Crippen LogP contribution is 2.41. The molecule has 0 amide bonds. The number of carbonyl (C=O) groups excluding carboxylic acids is 2. The molecule has 0 N–H and O–H groups in total. The maximum atomic E-state index is 13.8. The summed E-state index contributed by atoms with van der Waals surface area (Å²) in [5, 5.41) is 0. The molecule has 0 aromatic heterocycles. The molecule has 1 aromatic rings. The predicted octanol–water partition coefficient (Wildman–Crippen LogP) is 3.40. The highest BCUT2D eigenvalue weighted by Gasteiger charge is 2.43. The molecule has 0 saturated heterocycles. The zero-order valence-corrected chi connectivity index (χ0v) is 14.8. The molecule has 0 saturated carbocycles. The Balaban J connectivity index is 2.75. The van der Waals surface area contributed by atoms with Gasteiger partial charge in [0.2, 0.25) is 0 Å². The monoisotopic (exact) mass is 347 g/mol. The Morgan fingerprint density at radius 3 is 2.40 bits per heavy atom. The molecule has 0 fully saturated rings. The summed E-state index contributed by atoms with van der Waals surface area (Å²) in [7, 11) is 2.56. The fraction of sp³-hybridized carbons (Fsp3) is 0.421. The number of esters is 2. The first kappa shape index (κ1) is 18.8. The molecule has 25 heavy (non-hydrogen) atoms. The van der Waals surface area contributed by atoms with Crippen molar-refractivity contribution >= 4 is 17.7 Å². The van der Waals surface area contributed by atoms with Gasteiger partial charge < -0.3 is 9.47 Å². The number of hydrogen-bond acceptors (Lipinski definition) is 5. The lowest BCUT2D eigenvalue weighted by Crippen LogP contribution is -2.37. The van der Waals surface area contributed by atoms with E-state index in [4.69, 9.17) is 9.47 Å². The first-order valence-electron chi connectivity index (χ1n) is 8.20. The lowest BCUT2D eigenvalue weighted by Gasteiger charge is -2.32. The third-order valence-corrected chi connectivity index (χ3v) is 4.36. The average molecular weight is 347 g/mol. The second kappa shape index (κ2) is 8.05. The largest absolute Gasteiger partial charge is 0.468 e. The SMILES string of the molecule is CCC1=NC(CC)=C(C(=O)OC)C(c2cccc(F)c2)C1C(=O)OC. The van der Waals surface area contributed by atoms with E-state index in [2.05, 4.69) is 4.99 Å². The van der Waals surface area contributed by atoms with Gasteiger partial charge >= 0.3 is 11.9 Å². The maximum Gasteiger partial charge on any atom is 0.336 e. The van der Waals surface area contributed by atoms with E-state index in [1.165, 1.54) is 26.4 Å². The van der Waals surface area contributed by atoms with E-state index in [1.54, 1.807) is 12.1 Å². The number of hydrogen-bond donors (Lipinski definition) is 0. The molecule has 0 bridgehead atoms. The van der Waals surface area contributed by atoms with Crippen molar-refractivity contribution in [3.8, 4) is 0 Å². The normalized spacial score (nSPS) is 20.1.